The third-order valence-corrected chi connectivity index (χ3v) is 3.34. The van der Waals surface area contributed by atoms with Crippen LogP contribution in [0.5, 0.6) is 0 Å². The molecular weight excluding hydrogens is 230 g/mol. The highest BCUT2D eigenvalue weighted by Gasteiger charge is 2.26. The Hall–Kier alpha value is -1.36. The Kier molecular flexibility index (Phi) is 4.01. The van der Waals surface area contributed by atoms with Crippen molar-refractivity contribution in [3.8, 4) is 0 Å². The first kappa shape index (κ1) is 13.1. The molecule has 18 heavy (non-hydrogen) atoms. The third kappa shape index (κ3) is 3.10. The zero-order chi connectivity index (χ0) is 13.1. The number of nitrogens with zero attached hydrogens (tertiary/aromatic N) is 3. The Morgan fingerprint density at radius 2 is 2.33 bits per heavy atom. The van der Waals surface area contributed by atoms with Crippen molar-refractivity contribution in [1.82, 2.24) is 14.5 Å². The lowest BCUT2D eigenvalue weighted by Crippen LogP contribution is -2.36. The van der Waals surface area contributed by atoms with Gasteiger partial charge in [-0.1, -0.05) is 0 Å². The number of hydrogen-bond donors (Lipinski definition) is 0. The van der Waals surface area contributed by atoms with E-state index in [-0.39, 0.29) is 5.97 Å². The SMILES string of the molecule is COC(=O)CN(Cc1cncn1C1CC1)C(C)C. The second-order valence-electron chi connectivity index (χ2n) is 5.10. The quantitative estimate of drug-likeness (QED) is 0.721. The minimum atomic E-state index is -0.193. The van der Waals surface area contributed by atoms with E-state index < -0.39 is 0 Å². The summed E-state index contributed by atoms with van der Waals surface area (Å²) in [6.45, 7) is 5.23. The molecule has 5 nitrogen and oxygen atoms in total. The molecule has 100 valence electrons. The van der Waals surface area contributed by atoms with Crippen LogP contribution in [0.25, 0.3) is 0 Å². The van der Waals surface area contributed by atoms with Gasteiger partial charge in [0.1, 0.15) is 0 Å². The molecule has 0 unspecified atom stereocenters. The van der Waals surface area contributed by atoms with E-state index in [4.69, 9.17) is 4.74 Å². The Morgan fingerprint density at radius 3 is 2.89 bits per heavy atom. The third-order valence-electron chi connectivity index (χ3n) is 3.34. The summed E-state index contributed by atoms with van der Waals surface area (Å²) in [6, 6.07) is 0.918. The van der Waals surface area contributed by atoms with Crippen molar-refractivity contribution in [2.24, 2.45) is 0 Å². The molecule has 2 rings (SSSR count). The summed E-state index contributed by atoms with van der Waals surface area (Å²) in [4.78, 5) is 17.7. The van der Waals surface area contributed by atoms with Crippen molar-refractivity contribution in [1.29, 1.82) is 0 Å². The molecule has 1 aliphatic rings. The van der Waals surface area contributed by atoms with Crippen molar-refractivity contribution in [3.63, 3.8) is 0 Å². The van der Waals surface area contributed by atoms with Crippen molar-refractivity contribution in [2.75, 3.05) is 13.7 Å². The molecule has 0 saturated heterocycles. The molecule has 0 amide bonds. The average molecular weight is 251 g/mol. The maximum atomic E-state index is 11.4. The van der Waals surface area contributed by atoms with Gasteiger partial charge in [-0.3, -0.25) is 9.69 Å². The smallest absolute Gasteiger partial charge is 0.319 e. The number of methoxy groups -OCH3 is 1. The van der Waals surface area contributed by atoms with Crippen LogP contribution in [-0.4, -0.2) is 40.1 Å². The van der Waals surface area contributed by atoms with Crippen LogP contribution in [0.4, 0.5) is 0 Å². The van der Waals surface area contributed by atoms with E-state index in [2.05, 4.69) is 28.3 Å². The molecule has 0 aromatic carbocycles. The summed E-state index contributed by atoms with van der Waals surface area (Å²) in [5, 5.41) is 0. The number of aromatic nitrogens is 2. The lowest BCUT2D eigenvalue weighted by Gasteiger charge is -2.25. The van der Waals surface area contributed by atoms with E-state index in [0.717, 1.165) is 6.54 Å². The van der Waals surface area contributed by atoms with Crippen molar-refractivity contribution >= 4 is 5.97 Å². The van der Waals surface area contributed by atoms with Crippen LogP contribution in [-0.2, 0) is 16.1 Å². The van der Waals surface area contributed by atoms with E-state index in [1.165, 1.54) is 25.6 Å². The second kappa shape index (κ2) is 5.52. The van der Waals surface area contributed by atoms with Crippen LogP contribution < -0.4 is 0 Å². The zero-order valence-corrected chi connectivity index (χ0v) is 11.3. The number of ether oxygens (including phenoxy) is 1. The van der Waals surface area contributed by atoms with Gasteiger partial charge in [-0.25, -0.2) is 4.98 Å². The van der Waals surface area contributed by atoms with Crippen molar-refractivity contribution in [2.45, 2.75) is 45.3 Å². The van der Waals surface area contributed by atoms with Crippen LogP contribution in [0.3, 0.4) is 0 Å². The summed E-state index contributed by atoms with van der Waals surface area (Å²) in [5.74, 6) is -0.193. The standard InChI is InChI=1S/C13H21N3O2/c1-10(2)15(8-13(17)18-3)7-12-6-14-9-16(12)11-4-5-11/h6,9-11H,4-5,7-8H2,1-3H3. The highest BCUT2D eigenvalue weighted by atomic mass is 16.5. The van der Waals surface area contributed by atoms with Gasteiger partial charge in [-0.05, 0) is 26.7 Å². The molecule has 1 fully saturated rings. The second-order valence-corrected chi connectivity index (χ2v) is 5.10. The van der Waals surface area contributed by atoms with Gasteiger partial charge in [-0.15, -0.1) is 0 Å². The highest BCUT2D eigenvalue weighted by molar-refractivity contribution is 5.71. The fraction of sp³-hybridized carbons (Fsp3) is 0.692. The number of carbonyl (C=O) groups excluding carboxylic acids is 1. The monoisotopic (exact) mass is 251 g/mol. The Labute approximate surface area is 108 Å². The predicted octanol–water partition coefficient (Wildman–Crippen LogP) is 1.60. The lowest BCUT2D eigenvalue weighted by atomic mass is 10.3. The number of rotatable bonds is 6. The van der Waals surface area contributed by atoms with Gasteiger partial charge in [0.15, 0.2) is 0 Å². The molecule has 0 spiro atoms. The first-order valence-corrected chi connectivity index (χ1v) is 6.43. The Morgan fingerprint density at radius 1 is 1.61 bits per heavy atom. The minimum absolute atomic E-state index is 0.193. The summed E-state index contributed by atoms with van der Waals surface area (Å²) in [7, 11) is 1.43. The van der Waals surface area contributed by atoms with Crippen molar-refractivity contribution < 1.29 is 9.53 Å². The van der Waals surface area contributed by atoms with Gasteiger partial charge in [0.05, 0.1) is 25.7 Å². The molecule has 0 aliphatic heterocycles. The molecule has 0 atom stereocenters. The van der Waals surface area contributed by atoms with E-state index >= 15 is 0 Å². The molecule has 5 heteroatoms. The van der Waals surface area contributed by atoms with E-state index in [1.54, 1.807) is 0 Å². The molecule has 0 bridgehead atoms. The summed E-state index contributed by atoms with van der Waals surface area (Å²) in [6.07, 6.45) is 6.26. The average Bonchev–Trinajstić information content (AvgIpc) is 3.08. The van der Waals surface area contributed by atoms with Crippen LogP contribution in [0.15, 0.2) is 12.5 Å². The maximum absolute atomic E-state index is 11.4. The predicted molar refractivity (Wildman–Crippen MR) is 68.1 cm³/mol. The summed E-state index contributed by atoms with van der Waals surface area (Å²) < 4.78 is 6.97. The number of imidazole rings is 1. The fourth-order valence-corrected chi connectivity index (χ4v) is 2.00. The van der Waals surface area contributed by atoms with Gasteiger partial charge in [0.25, 0.3) is 0 Å². The van der Waals surface area contributed by atoms with Crippen LogP contribution in [0.2, 0.25) is 0 Å². The van der Waals surface area contributed by atoms with Crippen LogP contribution >= 0.6 is 0 Å². The Balaban J connectivity index is 2.03. The topological polar surface area (TPSA) is 47.4 Å². The van der Waals surface area contributed by atoms with Crippen LogP contribution in [0.1, 0.15) is 38.4 Å². The number of esters is 1. The molecule has 1 aromatic rings. The summed E-state index contributed by atoms with van der Waals surface area (Å²) >= 11 is 0. The summed E-state index contributed by atoms with van der Waals surface area (Å²) in [5.41, 5.74) is 1.18. The molecule has 1 aromatic heterocycles. The minimum Gasteiger partial charge on any atom is -0.468 e. The van der Waals surface area contributed by atoms with E-state index in [1.807, 2.05) is 12.5 Å². The van der Waals surface area contributed by atoms with Gasteiger partial charge in [0.2, 0.25) is 0 Å². The highest BCUT2D eigenvalue weighted by Crippen LogP contribution is 2.35. The lowest BCUT2D eigenvalue weighted by molar-refractivity contribution is -0.142. The van der Waals surface area contributed by atoms with Gasteiger partial charge in [0, 0.05) is 24.8 Å². The molecule has 1 saturated carbocycles. The molecule has 1 aliphatic carbocycles. The first-order chi connectivity index (χ1) is 8.61. The largest absolute Gasteiger partial charge is 0.468 e. The molecular formula is C13H21N3O2. The van der Waals surface area contributed by atoms with E-state index in [9.17, 15) is 4.79 Å². The normalized spacial score (nSPS) is 15.4. The fourth-order valence-electron chi connectivity index (χ4n) is 2.00. The van der Waals surface area contributed by atoms with Crippen LogP contribution in [0, 0.1) is 0 Å². The molecule has 0 N–H and O–H groups in total. The van der Waals surface area contributed by atoms with Gasteiger partial charge in [-0.2, -0.15) is 0 Å². The van der Waals surface area contributed by atoms with Crippen molar-refractivity contribution in [3.05, 3.63) is 18.2 Å². The van der Waals surface area contributed by atoms with E-state index in [0.29, 0.717) is 18.6 Å². The number of carbonyl (C=O) groups is 1. The zero-order valence-electron chi connectivity index (χ0n) is 11.3. The Bertz CT molecular complexity index is 410. The molecule has 1 heterocycles. The van der Waals surface area contributed by atoms with Gasteiger partial charge < -0.3 is 9.30 Å². The molecule has 0 radical (unpaired) electrons. The maximum Gasteiger partial charge on any atom is 0.319 e. The van der Waals surface area contributed by atoms with Gasteiger partial charge >= 0.3 is 5.97 Å². The first-order valence-electron chi connectivity index (χ1n) is 6.43. The number of hydrogen-bond acceptors (Lipinski definition) is 4.